The van der Waals surface area contributed by atoms with E-state index >= 15 is 0 Å². The molecule has 16 heavy (non-hydrogen) atoms. The highest BCUT2D eigenvalue weighted by Gasteiger charge is 2.27. The zero-order valence-corrected chi connectivity index (χ0v) is 9.89. The van der Waals surface area contributed by atoms with Crippen LogP contribution in [0.2, 0.25) is 10.0 Å². The lowest BCUT2D eigenvalue weighted by Crippen LogP contribution is -1.83. The van der Waals surface area contributed by atoms with Crippen LogP contribution in [0.15, 0.2) is 18.2 Å². The Hall–Kier alpha value is -1.06. The zero-order valence-electron chi connectivity index (χ0n) is 8.37. The first-order chi connectivity index (χ1) is 7.74. The van der Waals surface area contributed by atoms with Gasteiger partial charge in [-0.1, -0.05) is 23.2 Å². The van der Waals surface area contributed by atoms with Gasteiger partial charge in [0.2, 0.25) is 0 Å². The summed E-state index contributed by atoms with van der Waals surface area (Å²) in [5, 5.41) is 8.37. The minimum absolute atomic E-state index is 0.555. The van der Waals surface area contributed by atoms with Crippen molar-refractivity contribution >= 4 is 23.2 Å². The van der Waals surface area contributed by atoms with Gasteiger partial charge >= 0.3 is 0 Å². The molecule has 1 fully saturated rings. The number of halogens is 2. The van der Waals surface area contributed by atoms with Crippen LogP contribution in [0, 0.1) is 0 Å². The van der Waals surface area contributed by atoms with Gasteiger partial charge in [-0.2, -0.15) is 5.10 Å². The third-order valence-corrected chi connectivity index (χ3v) is 3.20. The standard InChI is InChI=1S/C11H9Cl2N3/c12-7-3-4-9(13)8(5-7)11-14-10(15-16-11)6-1-2-6/h3-6H,1-2H2,(H,14,15,16). The molecule has 1 heterocycles. The molecule has 0 saturated heterocycles. The lowest BCUT2D eigenvalue weighted by molar-refractivity contribution is 0.935. The second-order valence-corrected chi connectivity index (χ2v) is 4.79. The fourth-order valence-electron chi connectivity index (χ4n) is 1.60. The van der Waals surface area contributed by atoms with Crippen LogP contribution in [0.4, 0.5) is 0 Å². The number of aromatic nitrogens is 3. The molecule has 0 atom stereocenters. The number of hydrogen-bond donors (Lipinski definition) is 1. The molecular formula is C11H9Cl2N3. The summed E-state index contributed by atoms with van der Waals surface area (Å²) in [4.78, 5) is 4.43. The van der Waals surface area contributed by atoms with E-state index in [9.17, 15) is 0 Å². The second kappa shape index (κ2) is 3.75. The Balaban J connectivity index is 2.03. The molecule has 3 rings (SSSR count). The molecule has 2 aromatic rings. The van der Waals surface area contributed by atoms with Crippen molar-refractivity contribution in [3.63, 3.8) is 0 Å². The number of nitrogens with zero attached hydrogens (tertiary/aromatic N) is 2. The van der Waals surface area contributed by atoms with Gasteiger partial charge in [-0.05, 0) is 31.0 Å². The highest BCUT2D eigenvalue weighted by molar-refractivity contribution is 6.35. The van der Waals surface area contributed by atoms with Crippen LogP contribution in [0.3, 0.4) is 0 Å². The predicted molar refractivity (Wildman–Crippen MR) is 63.8 cm³/mol. The van der Waals surface area contributed by atoms with Crippen molar-refractivity contribution in [2.24, 2.45) is 0 Å². The summed E-state index contributed by atoms with van der Waals surface area (Å²) in [6, 6.07) is 5.29. The molecule has 3 nitrogen and oxygen atoms in total. The molecule has 0 spiro atoms. The minimum Gasteiger partial charge on any atom is -0.262 e. The summed E-state index contributed by atoms with van der Waals surface area (Å²) >= 11 is 12.0. The normalized spacial score (nSPS) is 15.4. The maximum Gasteiger partial charge on any atom is 0.182 e. The van der Waals surface area contributed by atoms with Gasteiger partial charge in [0.05, 0.1) is 5.02 Å². The van der Waals surface area contributed by atoms with E-state index in [2.05, 4.69) is 15.2 Å². The van der Waals surface area contributed by atoms with Gasteiger partial charge in [0.15, 0.2) is 5.82 Å². The molecule has 1 aromatic carbocycles. The van der Waals surface area contributed by atoms with Crippen molar-refractivity contribution < 1.29 is 0 Å². The van der Waals surface area contributed by atoms with E-state index in [1.54, 1.807) is 18.2 Å². The summed E-state index contributed by atoms with van der Waals surface area (Å²) in [5.74, 6) is 2.12. The van der Waals surface area contributed by atoms with Crippen LogP contribution in [-0.2, 0) is 0 Å². The lowest BCUT2D eigenvalue weighted by atomic mass is 10.2. The quantitative estimate of drug-likeness (QED) is 0.888. The first kappa shape index (κ1) is 10.1. The van der Waals surface area contributed by atoms with Crippen molar-refractivity contribution in [1.82, 2.24) is 15.2 Å². The van der Waals surface area contributed by atoms with Gasteiger partial charge in [-0.15, -0.1) is 0 Å². The average Bonchev–Trinajstić information content (AvgIpc) is 3.01. The van der Waals surface area contributed by atoms with Crippen molar-refractivity contribution in [3.05, 3.63) is 34.1 Å². The molecular weight excluding hydrogens is 245 g/mol. The van der Waals surface area contributed by atoms with Crippen LogP contribution >= 0.6 is 23.2 Å². The molecule has 0 radical (unpaired) electrons. The van der Waals surface area contributed by atoms with E-state index in [-0.39, 0.29) is 0 Å². The Labute approximate surface area is 103 Å². The summed E-state index contributed by atoms with van der Waals surface area (Å²) < 4.78 is 0. The number of H-pyrrole nitrogens is 1. The highest BCUT2D eigenvalue weighted by Crippen LogP contribution is 2.39. The van der Waals surface area contributed by atoms with Gasteiger partial charge in [0.1, 0.15) is 5.82 Å². The first-order valence-electron chi connectivity index (χ1n) is 5.12. The van der Waals surface area contributed by atoms with Crippen LogP contribution in [0.1, 0.15) is 24.6 Å². The molecule has 1 saturated carbocycles. The third-order valence-electron chi connectivity index (χ3n) is 2.64. The Kier molecular flexibility index (Phi) is 2.37. The second-order valence-electron chi connectivity index (χ2n) is 3.94. The van der Waals surface area contributed by atoms with Crippen molar-refractivity contribution in [1.29, 1.82) is 0 Å². The Morgan fingerprint density at radius 1 is 1.25 bits per heavy atom. The zero-order chi connectivity index (χ0) is 11.1. The molecule has 0 aliphatic heterocycles. The Morgan fingerprint density at radius 2 is 2.06 bits per heavy atom. The topological polar surface area (TPSA) is 41.6 Å². The molecule has 1 N–H and O–H groups in total. The van der Waals surface area contributed by atoms with Crippen LogP contribution in [0.5, 0.6) is 0 Å². The summed E-state index contributed by atoms with van der Waals surface area (Å²) in [6.45, 7) is 0. The fraction of sp³-hybridized carbons (Fsp3) is 0.273. The monoisotopic (exact) mass is 253 g/mol. The number of hydrogen-bond acceptors (Lipinski definition) is 2. The Bertz CT molecular complexity index is 532. The summed E-state index contributed by atoms with van der Waals surface area (Å²) in [7, 11) is 0. The SMILES string of the molecule is Clc1ccc(Cl)c(-c2n[nH]c(C3CC3)n2)c1. The number of benzene rings is 1. The number of aromatic amines is 1. The van der Waals surface area contributed by atoms with E-state index in [4.69, 9.17) is 23.2 Å². The smallest absolute Gasteiger partial charge is 0.182 e. The molecule has 0 amide bonds. The van der Waals surface area contributed by atoms with E-state index in [1.165, 1.54) is 12.8 Å². The van der Waals surface area contributed by atoms with E-state index in [0.29, 0.717) is 21.8 Å². The molecule has 82 valence electrons. The fourth-order valence-corrected chi connectivity index (χ4v) is 1.98. The first-order valence-corrected chi connectivity index (χ1v) is 5.87. The Morgan fingerprint density at radius 3 is 2.81 bits per heavy atom. The van der Waals surface area contributed by atoms with E-state index in [1.807, 2.05) is 0 Å². The van der Waals surface area contributed by atoms with Crippen molar-refractivity contribution in [2.75, 3.05) is 0 Å². The van der Waals surface area contributed by atoms with Crippen LogP contribution in [0.25, 0.3) is 11.4 Å². The van der Waals surface area contributed by atoms with Gasteiger partial charge in [0.25, 0.3) is 0 Å². The van der Waals surface area contributed by atoms with Gasteiger partial charge in [-0.25, -0.2) is 4.98 Å². The largest absolute Gasteiger partial charge is 0.262 e. The third kappa shape index (κ3) is 1.81. The van der Waals surface area contributed by atoms with Gasteiger partial charge in [-0.3, -0.25) is 5.10 Å². The predicted octanol–water partition coefficient (Wildman–Crippen LogP) is 3.66. The summed E-state index contributed by atoms with van der Waals surface area (Å²) in [6.07, 6.45) is 2.38. The van der Waals surface area contributed by atoms with Gasteiger partial charge < -0.3 is 0 Å². The van der Waals surface area contributed by atoms with E-state index < -0.39 is 0 Å². The molecule has 1 aliphatic rings. The summed E-state index contributed by atoms with van der Waals surface area (Å²) in [5.41, 5.74) is 0.775. The van der Waals surface area contributed by atoms with Crippen molar-refractivity contribution in [2.45, 2.75) is 18.8 Å². The van der Waals surface area contributed by atoms with E-state index in [0.717, 1.165) is 11.4 Å². The highest BCUT2D eigenvalue weighted by atomic mass is 35.5. The molecule has 1 aliphatic carbocycles. The van der Waals surface area contributed by atoms with Crippen LogP contribution < -0.4 is 0 Å². The molecule has 1 aromatic heterocycles. The number of nitrogens with one attached hydrogen (secondary N) is 1. The molecule has 5 heteroatoms. The number of rotatable bonds is 2. The maximum absolute atomic E-state index is 6.08. The maximum atomic E-state index is 6.08. The molecule has 0 unspecified atom stereocenters. The minimum atomic E-state index is 0.555. The average molecular weight is 254 g/mol. The lowest BCUT2D eigenvalue weighted by Gasteiger charge is -1.99. The van der Waals surface area contributed by atoms with Crippen molar-refractivity contribution in [3.8, 4) is 11.4 Å². The van der Waals surface area contributed by atoms with Gasteiger partial charge in [0, 0.05) is 16.5 Å². The van der Waals surface area contributed by atoms with Crippen LogP contribution in [-0.4, -0.2) is 15.2 Å². The molecule has 0 bridgehead atoms.